The summed E-state index contributed by atoms with van der Waals surface area (Å²) < 4.78 is 10.2. The average molecular weight is 486 g/mol. The van der Waals surface area contributed by atoms with E-state index in [4.69, 9.17) is 66.1 Å². The molecule has 1 aliphatic rings. The first-order valence-corrected chi connectivity index (χ1v) is 9.80. The van der Waals surface area contributed by atoms with E-state index >= 15 is 0 Å². The largest absolute Gasteiger partial charge is 0.394 e. The average Bonchev–Trinajstić information content (AvgIpc) is 2.67. The van der Waals surface area contributed by atoms with Crippen molar-refractivity contribution in [2.75, 3.05) is 52.9 Å². The summed E-state index contributed by atoms with van der Waals surface area (Å²) >= 11 is 25.8. The van der Waals surface area contributed by atoms with E-state index < -0.39 is 48.4 Å². The van der Waals surface area contributed by atoms with Gasteiger partial charge in [-0.3, -0.25) is 0 Å². The third kappa shape index (κ3) is 4.80. The molecule has 28 heavy (non-hydrogen) atoms. The monoisotopic (exact) mass is 484 g/mol. The smallest absolute Gasteiger partial charge is 0.123 e. The van der Waals surface area contributed by atoms with Crippen LogP contribution >= 0.6 is 46.4 Å². The Hall–Kier alpha value is 0.320. The van der Waals surface area contributed by atoms with Crippen molar-refractivity contribution in [1.29, 1.82) is 0 Å². The van der Waals surface area contributed by atoms with Crippen LogP contribution in [0.1, 0.15) is 0 Å². The van der Waals surface area contributed by atoms with Crippen LogP contribution in [-0.4, -0.2) is 105 Å². The minimum atomic E-state index is -2.16. The third-order valence-electron chi connectivity index (χ3n) is 4.39. The minimum absolute atomic E-state index is 0.114. The molecule has 0 aliphatic heterocycles. The number of aliphatic hydroxyl groups excluding tert-OH is 6. The Morgan fingerprint density at radius 1 is 0.714 bits per heavy atom. The number of ether oxygens (including phenoxy) is 2. The molecule has 0 fully saturated rings. The number of aliphatic hydroxyl groups is 6. The highest BCUT2D eigenvalue weighted by atomic mass is 35.5. The first-order valence-electron chi connectivity index (χ1n) is 8.29. The summed E-state index contributed by atoms with van der Waals surface area (Å²) in [6.07, 6.45) is -3.29. The lowest BCUT2D eigenvalue weighted by atomic mass is 9.70. The van der Waals surface area contributed by atoms with E-state index in [2.05, 4.69) is 0 Å². The standard InChI is InChI=1S/C16H24Cl4O8/c17-13-9(5-23)15(19,11(25)7-27-3-1-21)16(20,10(6-24)14(13)18)12(26)8-28-4-2-22/h11-12,21-26H,1-8H2. The Kier molecular flexibility index (Phi) is 11.0. The molecule has 0 saturated carbocycles. The van der Waals surface area contributed by atoms with E-state index in [-0.39, 0.29) is 47.6 Å². The molecule has 0 saturated heterocycles. The second kappa shape index (κ2) is 11.6. The van der Waals surface area contributed by atoms with Crippen molar-refractivity contribution in [1.82, 2.24) is 0 Å². The Labute approximate surface area is 182 Å². The Balaban J connectivity index is 3.53. The Morgan fingerprint density at radius 2 is 1.04 bits per heavy atom. The first kappa shape index (κ1) is 26.4. The minimum Gasteiger partial charge on any atom is -0.394 e. The highest BCUT2D eigenvalue weighted by molar-refractivity contribution is 6.48. The summed E-state index contributed by atoms with van der Waals surface area (Å²) in [5.41, 5.74) is -0.372. The van der Waals surface area contributed by atoms with E-state index in [9.17, 15) is 20.4 Å². The fraction of sp³-hybridized carbons (Fsp3) is 0.750. The fourth-order valence-corrected chi connectivity index (χ4v) is 4.69. The lowest BCUT2D eigenvalue weighted by Crippen LogP contribution is -2.66. The zero-order chi connectivity index (χ0) is 21.5. The van der Waals surface area contributed by atoms with Crippen LogP contribution in [0.15, 0.2) is 21.2 Å². The van der Waals surface area contributed by atoms with Crippen molar-refractivity contribution in [3.8, 4) is 0 Å². The third-order valence-corrected chi connectivity index (χ3v) is 6.97. The summed E-state index contributed by atoms with van der Waals surface area (Å²) in [7, 11) is 0. The van der Waals surface area contributed by atoms with Gasteiger partial charge in [0.2, 0.25) is 0 Å². The molecule has 6 N–H and O–H groups in total. The van der Waals surface area contributed by atoms with Gasteiger partial charge < -0.3 is 40.1 Å². The number of rotatable bonds is 12. The van der Waals surface area contributed by atoms with Gasteiger partial charge in [-0.25, -0.2) is 0 Å². The van der Waals surface area contributed by atoms with Gasteiger partial charge in [-0.1, -0.05) is 23.2 Å². The highest BCUT2D eigenvalue weighted by Gasteiger charge is 2.64. The lowest BCUT2D eigenvalue weighted by Gasteiger charge is -2.52. The summed E-state index contributed by atoms with van der Waals surface area (Å²) in [5.74, 6) is 0. The molecular formula is C16H24Cl4O8. The summed E-state index contributed by atoms with van der Waals surface area (Å²) in [6, 6.07) is 0. The van der Waals surface area contributed by atoms with Crippen molar-refractivity contribution in [2.24, 2.45) is 0 Å². The van der Waals surface area contributed by atoms with Crippen molar-refractivity contribution in [3.05, 3.63) is 21.2 Å². The van der Waals surface area contributed by atoms with E-state index in [0.717, 1.165) is 0 Å². The van der Waals surface area contributed by atoms with Crippen LogP contribution in [0.5, 0.6) is 0 Å². The summed E-state index contributed by atoms with van der Waals surface area (Å²) in [5, 5.41) is 58.5. The Bertz CT molecular complexity index is 537. The second-order valence-corrected chi connectivity index (χ2v) is 7.90. The molecule has 0 amide bonds. The van der Waals surface area contributed by atoms with Crippen molar-refractivity contribution < 1.29 is 40.1 Å². The van der Waals surface area contributed by atoms with Gasteiger partial charge in [0.1, 0.15) is 22.0 Å². The maximum Gasteiger partial charge on any atom is 0.123 e. The molecule has 1 aliphatic carbocycles. The van der Waals surface area contributed by atoms with Crippen molar-refractivity contribution >= 4 is 46.4 Å². The van der Waals surface area contributed by atoms with Crippen LogP contribution in [-0.2, 0) is 9.47 Å². The molecule has 12 heteroatoms. The predicted molar refractivity (Wildman–Crippen MR) is 105 cm³/mol. The van der Waals surface area contributed by atoms with Gasteiger partial charge in [0.25, 0.3) is 0 Å². The van der Waals surface area contributed by atoms with Crippen LogP contribution in [0.25, 0.3) is 0 Å². The van der Waals surface area contributed by atoms with Gasteiger partial charge in [-0.05, 0) is 0 Å². The van der Waals surface area contributed by atoms with E-state index in [1.807, 2.05) is 0 Å². The summed E-state index contributed by atoms with van der Waals surface area (Å²) in [6.45, 7) is -3.28. The molecule has 0 aromatic heterocycles. The maximum absolute atomic E-state index is 10.8. The number of alkyl halides is 2. The molecule has 8 nitrogen and oxygen atoms in total. The van der Waals surface area contributed by atoms with Gasteiger partial charge in [0.05, 0.1) is 62.9 Å². The molecule has 1 rings (SSSR count). The molecule has 0 heterocycles. The Morgan fingerprint density at radius 3 is 1.29 bits per heavy atom. The quantitative estimate of drug-likeness (QED) is 0.163. The van der Waals surface area contributed by atoms with Crippen LogP contribution in [0.2, 0.25) is 0 Å². The van der Waals surface area contributed by atoms with Gasteiger partial charge in [0.15, 0.2) is 0 Å². The van der Waals surface area contributed by atoms with E-state index in [0.29, 0.717) is 0 Å². The highest BCUT2D eigenvalue weighted by Crippen LogP contribution is 2.57. The first-order chi connectivity index (χ1) is 13.2. The molecular weight excluding hydrogens is 462 g/mol. The van der Waals surface area contributed by atoms with E-state index in [1.54, 1.807) is 0 Å². The van der Waals surface area contributed by atoms with Crippen molar-refractivity contribution in [2.45, 2.75) is 22.0 Å². The molecule has 4 atom stereocenters. The van der Waals surface area contributed by atoms with Gasteiger partial charge in [0, 0.05) is 11.1 Å². The van der Waals surface area contributed by atoms with Crippen LogP contribution < -0.4 is 0 Å². The molecule has 0 radical (unpaired) electrons. The molecule has 4 unspecified atom stereocenters. The SMILES string of the molecule is OCCOCC(O)C1(Cl)C(CO)=C(Cl)C(Cl)=C(CO)C1(Cl)C(O)COCCO. The normalized spacial score (nSPS) is 28.1. The number of halogens is 4. The summed E-state index contributed by atoms with van der Waals surface area (Å²) in [4.78, 5) is -4.32. The van der Waals surface area contributed by atoms with Gasteiger partial charge in [-0.2, -0.15) is 0 Å². The second-order valence-electron chi connectivity index (χ2n) is 5.95. The van der Waals surface area contributed by atoms with Crippen LogP contribution in [0.3, 0.4) is 0 Å². The molecule has 0 aromatic rings. The maximum atomic E-state index is 10.8. The topological polar surface area (TPSA) is 140 Å². The molecule has 164 valence electrons. The van der Waals surface area contributed by atoms with Gasteiger partial charge in [-0.15, -0.1) is 23.2 Å². The van der Waals surface area contributed by atoms with Gasteiger partial charge >= 0.3 is 0 Å². The van der Waals surface area contributed by atoms with Crippen molar-refractivity contribution in [3.63, 3.8) is 0 Å². The van der Waals surface area contributed by atoms with Crippen LogP contribution in [0, 0.1) is 0 Å². The molecule has 0 spiro atoms. The fourth-order valence-electron chi connectivity index (χ4n) is 3.03. The van der Waals surface area contributed by atoms with E-state index in [1.165, 1.54) is 0 Å². The zero-order valence-electron chi connectivity index (χ0n) is 14.8. The number of hydrogen-bond acceptors (Lipinski definition) is 8. The number of hydrogen-bond donors (Lipinski definition) is 6. The lowest BCUT2D eigenvalue weighted by molar-refractivity contribution is -0.0338. The molecule has 0 aromatic carbocycles. The van der Waals surface area contributed by atoms with Crippen LogP contribution in [0.4, 0.5) is 0 Å². The molecule has 0 bridgehead atoms. The zero-order valence-corrected chi connectivity index (χ0v) is 17.8. The predicted octanol–water partition coefficient (Wildman–Crippen LogP) is -0.335. The number of allylic oxidation sites excluding steroid dienone is 2.